The van der Waals surface area contributed by atoms with E-state index in [1.165, 1.54) is 32.4 Å². The van der Waals surface area contributed by atoms with E-state index in [4.69, 9.17) is 0 Å². The first-order valence-corrected chi connectivity index (χ1v) is 5.26. The van der Waals surface area contributed by atoms with Gasteiger partial charge in [0.15, 0.2) is 0 Å². The highest BCUT2D eigenvalue weighted by Gasteiger charge is 2.29. The molecule has 1 heterocycles. The van der Waals surface area contributed by atoms with Crippen LogP contribution in [0.25, 0.3) is 0 Å². The number of hydrogen-bond donors (Lipinski definition) is 1. The Labute approximate surface area is 75.3 Å². The molecule has 2 fully saturated rings. The van der Waals surface area contributed by atoms with Gasteiger partial charge in [0.2, 0.25) is 0 Å². The third kappa shape index (κ3) is 1.99. The van der Waals surface area contributed by atoms with Crippen molar-refractivity contribution in [3.63, 3.8) is 0 Å². The van der Waals surface area contributed by atoms with E-state index in [1.807, 2.05) is 0 Å². The minimum atomic E-state index is 0.732. The first-order valence-electron chi connectivity index (χ1n) is 5.26. The molecule has 12 heavy (non-hydrogen) atoms. The van der Waals surface area contributed by atoms with Crippen molar-refractivity contribution >= 4 is 0 Å². The number of rotatable bonds is 3. The normalized spacial score (nSPS) is 31.8. The Bertz CT molecular complexity index is 152. The molecule has 0 amide bonds. The van der Waals surface area contributed by atoms with Crippen molar-refractivity contribution in [1.82, 2.24) is 10.2 Å². The van der Waals surface area contributed by atoms with Crippen LogP contribution in [0, 0.1) is 0 Å². The molecule has 2 rings (SSSR count). The van der Waals surface area contributed by atoms with Crippen molar-refractivity contribution in [2.24, 2.45) is 0 Å². The Balaban J connectivity index is 1.73. The van der Waals surface area contributed by atoms with E-state index >= 15 is 0 Å². The summed E-state index contributed by atoms with van der Waals surface area (Å²) in [4.78, 5) is 2.57. The van der Waals surface area contributed by atoms with Crippen molar-refractivity contribution in [2.75, 3.05) is 13.1 Å². The predicted octanol–water partition coefficient (Wildman–Crippen LogP) is 1.22. The Morgan fingerprint density at radius 2 is 1.92 bits per heavy atom. The summed E-state index contributed by atoms with van der Waals surface area (Å²) in [6.45, 7) is 7.15. The van der Waals surface area contributed by atoms with Gasteiger partial charge in [-0.05, 0) is 39.7 Å². The molecule has 1 N–H and O–H groups in total. The van der Waals surface area contributed by atoms with E-state index in [1.54, 1.807) is 0 Å². The Morgan fingerprint density at radius 3 is 2.42 bits per heavy atom. The second-order valence-electron chi connectivity index (χ2n) is 4.52. The molecule has 1 aliphatic heterocycles. The van der Waals surface area contributed by atoms with Crippen molar-refractivity contribution in [3.8, 4) is 0 Å². The largest absolute Gasteiger partial charge is 0.310 e. The van der Waals surface area contributed by atoms with Crippen molar-refractivity contribution < 1.29 is 0 Å². The average molecular weight is 168 g/mol. The van der Waals surface area contributed by atoms with Gasteiger partial charge in [-0.15, -0.1) is 0 Å². The van der Waals surface area contributed by atoms with E-state index in [0.29, 0.717) is 0 Å². The summed E-state index contributed by atoms with van der Waals surface area (Å²) in [5.74, 6) is 0. The SMILES string of the molecule is CC(C)N1CC[C@H](NC2CC2)C1. The fourth-order valence-corrected chi connectivity index (χ4v) is 1.98. The zero-order valence-electron chi connectivity index (χ0n) is 8.21. The standard InChI is InChI=1S/C10H20N2/c1-8(2)12-6-5-10(7-12)11-9-3-4-9/h8-11H,3-7H2,1-2H3/t10-/m0/s1. The van der Waals surface area contributed by atoms with Crippen molar-refractivity contribution in [3.05, 3.63) is 0 Å². The molecule has 0 aromatic rings. The van der Waals surface area contributed by atoms with Gasteiger partial charge in [0, 0.05) is 24.7 Å². The van der Waals surface area contributed by atoms with Gasteiger partial charge >= 0.3 is 0 Å². The van der Waals surface area contributed by atoms with Crippen LogP contribution in [0.1, 0.15) is 33.1 Å². The van der Waals surface area contributed by atoms with Gasteiger partial charge in [-0.3, -0.25) is 4.90 Å². The molecule has 2 nitrogen and oxygen atoms in total. The Kier molecular flexibility index (Phi) is 2.37. The van der Waals surface area contributed by atoms with Crippen LogP contribution in [0.5, 0.6) is 0 Å². The average Bonchev–Trinajstić information content (AvgIpc) is 2.66. The summed E-state index contributed by atoms with van der Waals surface area (Å²) < 4.78 is 0. The van der Waals surface area contributed by atoms with Crippen LogP contribution in [0.15, 0.2) is 0 Å². The zero-order chi connectivity index (χ0) is 8.55. The molecule has 70 valence electrons. The minimum Gasteiger partial charge on any atom is -0.310 e. The predicted molar refractivity (Wildman–Crippen MR) is 51.3 cm³/mol. The maximum atomic E-state index is 3.70. The highest BCUT2D eigenvalue weighted by Crippen LogP contribution is 2.22. The number of hydrogen-bond acceptors (Lipinski definition) is 2. The van der Waals surface area contributed by atoms with Crippen LogP contribution >= 0.6 is 0 Å². The molecule has 1 atom stereocenters. The van der Waals surface area contributed by atoms with Gasteiger partial charge < -0.3 is 5.32 Å². The molecule has 2 heteroatoms. The van der Waals surface area contributed by atoms with Gasteiger partial charge in [0.1, 0.15) is 0 Å². The van der Waals surface area contributed by atoms with E-state index in [0.717, 1.165) is 18.1 Å². The molecule has 1 saturated heterocycles. The molecule has 0 aromatic heterocycles. The maximum Gasteiger partial charge on any atom is 0.0209 e. The topological polar surface area (TPSA) is 15.3 Å². The first-order chi connectivity index (χ1) is 5.75. The fourth-order valence-electron chi connectivity index (χ4n) is 1.98. The molecular weight excluding hydrogens is 148 g/mol. The number of nitrogens with one attached hydrogen (secondary N) is 1. The second-order valence-corrected chi connectivity index (χ2v) is 4.52. The Morgan fingerprint density at radius 1 is 1.17 bits per heavy atom. The summed E-state index contributed by atoms with van der Waals surface area (Å²) in [6.07, 6.45) is 4.19. The Hall–Kier alpha value is -0.0800. The minimum absolute atomic E-state index is 0.732. The molecular formula is C10H20N2. The molecule has 1 saturated carbocycles. The monoisotopic (exact) mass is 168 g/mol. The van der Waals surface area contributed by atoms with Crippen LogP contribution < -0.4 is 5.32 Å². The quantitative estimate of drug-likeness (QED) is 0.681. The van der Waals surface area contributed by atoms with Crippen molar-refractivity contribution in [1.29, 1.82) is 0 Å². The lowest BCUT2D eigenvalue weighted by atomic mass is 10.2. The lowest BCUT2D eigenvalue weighted by molar-refractivity contribution is 0.268. The van der Waals surface area contributed by atoms with Crippen LogP contribution in [-0.4, -0.2) is 36.1 Å². The summed E-state index contributed by atoms with van der Waals surface area (Å²) in [5.41, 5.74) is 0. The highest BCUT2D eigenvalue weighted by molar-refractivity contribution is 4.90. The second kappa shape index (κ2) is 3.35. The molecule has 0 spiro atoms. The van der Waals surface area contributed by atoms with Crippen molar-refractivity contribution in [2.45, 2.75) is 51.2 Å². The van der Waals surface area contributed by atoms with E-state index in [-0.39, 0.29) is 0 Å². The molecule has 1 aliphatic carbocycles. The summed E-state index contributed by atoms with van der Waals surface area (Å²) in [7, 11) is 0. The van der Waals surface area contributed by atoms with Gasteiger partial charge in [0.05, 0.1) is 0 Å². The van der Waals surface area contributed by atoms with Gasteiger partial charge in [-0.1, -0.05) is 0 Å². The smallest absolute Gasteiger partial charge is 0.0209 e. The van der Waals surface area contributed by atoms with E-state index in [2.05, 4.69) is 24.1 Å². The zero-order valence-corrected chi connectivity index (χ0v) is 8.21. The van der Waals surface area contributed by atoms with Gasteiger partial charge in [-0.2, -0.15) is 0 Å². The van der Waals surface area contributed by atoms with E-state index in [9.17, 15) is 0 Å². The third-order valence-electron chi connectivity index (χ3n) is 3.00. The summed E-state index contributed by atoms with van der Waals surface area (Å²) in [5, 5.41) is 3.70. The molecule has 0 radical (unpaired) electrons. The molecule has 0 aromatic carbocycles. The number of nitrogens with zero attached hydrogens (tertiary/aromatic N) is 1. The van der Waals surface area contributed by atoms with Gasteiger partial charge in [-0.25, -0.2) is 0 Å². The van der Waals surface area contributed by atoms with Crippen LogP contribution in [0.2, 0.25) is 0 Å². The molecule has 0 bridgehead atoms. The highest BCUT2D eigenvalue weighted by atomic mass is 15.2. The maximum absolute atomic E-state index is 3.70. The van der Waals surface area contributed by atoms with Gasteiger partial charge in [0.25, 0.3) is 0 Å². The summed E-state index contributed by atoms with van der Waals surface area (Å²) >= 11 is 0. The van der Waals surface area contributed by atoms with E-state index < -0.39 is 0 Å². The third-order valence-corrected chi connectivity index (χ3v) is 3.00. The number of likely N-dealkylation sites (tertiary alicyclic amines) is 1. The lowest BCUT2D eigenvalue weighted by Crippen LogP contribution is -2.36. The van der Waals surface area contributed by atoms with Crippen LogP contribution in [-0.2, 0) is 0 Å². The molecule has 2 aliphatic rings. The molecule has 0 unspecified atom stereocenters. The lowest BCUT2D eigenvalue weighted by Gasteiger charge is -2.20. The van der Waals surface area contributed by atoms with Crippen LogP contribution in [0.3, 0.4) is 0 Å². The summed E-state index contributed by atoms with van der Waals surface area (Å²) in [6, 6.07) is 2.40. The van der Waals surface area contributed by atoms with Crippen LogP contribution in [0.4, 0.5) is 0 Å². The first kappa shape index (κ1) is 8.52. The fraction of sp³-hybridized carbons (Fsp3) is 1.00.